The summed E-state index contributed by atoms with van der Waals surface area (Å²) in [4.78, 5) is 4.58. The molecular formula is C17H35N3O2S. The second-order valence-electron chi connectivity index (χ2n) is 6.03. The van der Waals surface area contributed by atoms with Crippen LogP contribution in [0.5, 0.6) is 0 Å². The van der Waals surface area contributed by atoms with Crippen LogP contribution in [0.15, 0.2) is 4.99 Å². The van der Waals surface area contributed by atoms with Gasteiger partial charge in [-0.3, -0.25) is 4.99 Å². The van der Waals surface area contributed by atoms with Crippen molar-refractivity contribution in [3.8, 4) is 0 Å². The van der Waals surface area contributed by atoms with Crippen LogP contribution in [-0.4, -0.2) is 60.5 Å². The van der Waals surface area contributed by atoms with Crippen molar-refractivity contribution in [3.05, 3.63) is 0 Å². The molecule has 6 heteroatoms. The summed E-state index contributed by atoms with van der Waals surface area (Å²) in [6.45, 7) is 10.1. The second-order valence-corrected chi connectivity index (χ2v) is 7.51. The van der Waals surface area contributed by atoms with Crippen molar-refractivity contribution in [1.29, 1.82) is 0 Å². The Kier molecular flexibility index (Phi) is 10.7. The summed E-state index contributed by atoms with van der Waals surface area (Å²) in [5, 5.41) is 17.5. The number of nitrogens with zero attached hydrogens (tertiary/aromatic N) is 1. The topological polar surface area (TPSA) is 65.9 Å². The minimum absolute atomic E-state index is 0.339. The Labute approximate surface area is 146 Å². The molecule has 0 heterocycles. The van der Waals surface area contributed by atoms with Crippen molar-refractivity contribution >= 4 is 17.7 Å². The molecule has 1 saturated carbocycles. The van der Waals surface area contributed by atoms with Crippen LogP contribution < -0.4 is 10.6 Å². The molecule has 23 heavy (non-hydrogen) atoms. The lowest BCUT2D eigenvalue weighted by Crippen LogP contribution is -2.53. The van der Waals surface area contributed by atoms with E-state index in [0.29, 0.717) is 11.8 Å². The average Bonchev–Trinajstić information content (AvgIpc) is 2.55. The third-order valence-electron chi connectivity index (χ3n) is 4.06. The first-order chi connectivity index (χ1) is 11.2. The van der Waals surface area contributed by atoms with E-state index in [4.69, 9.17) is 4.74 Å². The van der Waals surface area contributed by atoms with Gasteiger partial charge >= 0.3 is 0 Å². The first-order valence-electron chi connectivity index (χ1n) is 9.10. The summed E-state index contributed by atoms with van der Waals surface area (Å²) in [6.07, 6.45) is 5.23. The number of hydrogen-bond donors (Lipinski definition) is 3. The molecule has 0 aromatic heterocycles. The van der Waals surface area contributed by atoms with E-state index in [9.17, 15) is 5.11 Å². The summed E-state index contributed by atoms with van der Waals surface area (Å²) in [6, 6.07) is 0. The van der Waals surface area contributed by atoms with Gasteiger partial charge in [0.05, 0.1) is 12.1 Å². The van der Waals surface area contributed by atoms with Gasteiger partial charge < -0.3 is 20.5 Å². The maximum atomic E-state index is 10.6. The summed E-state index contributed by atoms with van der Waals surface area (Å²) < 4.78 is 5.55. The largest absolute Gasteiger partial charge is 0.387 e. The highest BCUT2D eigenvalue weighted by Gasteiger charge is 2.45. The van der Waals surface area contributed by atoms with Gasteiger partial charge in [0.2, 0.25) is 0 Å². The molecule has 0 aromatic carbocycles. The summed E-state index contributed by atoms with van der Waals surface area (Å²) in [7, 11) is 0. The van der Waals surface area contributed by atoms with E-state index >= 15 is 0 Å². The van der Waals surface area contributed by atoms with Gasteiger partial charge in [0.15, 0.2) is 5.96 Å². The van der Waals surface area contributed by atoms with Crippen LogP contribution in [0.25, 0.3) is 0 Å². The lowest BCUT2D eigenvalue weighted by molar-refractivity contribution is -0.0154. The Morgan fingerprint density at radius 3 is 2.65 bits per heavy atom. The lowest BCUT2D eigenvalue weighted by atomic mass is 9.79. The molecule has 0 amide bonds. The second kappa shape index (κ2) is 12.0. The molecule has 2 unspecified atom stereocenters. The number of aliphatic imine (C=N–C) groups is 1. The van der Waals surface area contributed by atoms with Gasteiger partial charge in [0.1, 0.15) is 0 Å². The van der Waals surface area contributed by atoms with E-state index in [-0.39, 0.29) is 0 Å². The number of unbranched alkanes of at least 4 members (excludes halogenated alkanes) is 1. The Hall–Kier alpha value is -0.460. The summed E-state index contributed by atoms with van der Waals surface area (Å²) in [5.74, 6) is 1.84. The monoisotopic (exact) mass is 345 g/mol. The van der Waals surface area contributed by atoms with Gasteiger partial charge in [-0.15, -0.1) is 0 Å². The van der Waals surface area contributed by atoms with Crippen molar-refractivity contribution in [2.24, 2.45) is 4.99 Å². The molecule has 3 N–H and O–H groups in total. The maximum absolute atomic E-state index is 10.6. The third-order valence-corrected chi connectivity index (χ3v) is 5.47. The zero-order valence-electron chi connectivity index (χ0n) is 15.1. The summed E-state index contributed by atoms with van der Waals surface area (Å²) in [5.41, 5.74) is -0.619. The zero-order valence-corrected chi connectivity index (χ0v) is 15.9. The fourth-order valence-corrected chi connectivity index (χ4v) is 3.69. The number of guanidine groups is 1. The molecule has 1 fully saturated rings. The zero-order chi connectivity index (χ0) is 17.0. The van der Waals surface area contributed by atoms with Gasteiger partial charge in [-0.25, -0.2) is 0 Å². The van der Waals surface area contributed by atoms with Crippen LogP contribution in [0.4, 0.5) is 0 Å². The smallest absolute Gasteiger partial charge is 0.191 e. The first kappa shape index (κ1) is 20.6. The normalized spacial score (nSPS) is 24.3. The highest BCUT2D eigenvalue weighted by molar-refractivity contribution is 8.00. The van der Waals surface area contributed by atoms with E-state index in [1.165, 1.54) is 6.42 Å². The van der Waals surface area contributed by atoms with Crippen LogP contribution in [0.2, 0.25) is 0 Å². The third kappa shape index (κ3) is 7.77. The Balaban J connectivity index is 2.27. The Morgan fingerprint density at radius 2 is 2.04 bits per heavy atom. The van der Waals surface area contributed by atoms with E-state index < -0.39 is 5.60 Å². The van der Waals surface area contributed by atoms with Crippen LogP contribution >= 0.6 is 11.8 Å². The molecule has 5 nitrogen and oxygen atoms in total. The molecule has 2 atom stereocenters. The first-order valence-corrected chi connectivity index (χ1v) is 10.1. The van der Waals surface area contributed by atoms with E-state index in [1.54, 1.807) is 0 Å². The predicted molar refractivity (Wildman–Crippen MR) is 100 cm³/mol. The quantitative estimate of drug-likeness (QED) is 0.288. The number of hydrogen-bond acceptors (Lipinski definition) is 4. The Morgan fingerprint density at radius 1 is 1.26 bits per heavy atom. The fourth-order valence-electron chi connectivity index (χ4n) is 2.50. The number of nitrogens with one attached hydrogen (secondary N) is 2. The van der Waals surface area contributed by atoms with E-state index in [0.717, 1.165) is 63.7 Å². The molecule has 0 aromatic rings. The molecular weight excluding hydrogens is 310 g/mol. The number of aliphatic hydroxyl groups is 1. The molecule has 0 bridgehead atoms. The van der Waals surface area contributed by atoms with Crippen molar-refractivity contribution in [1.82, 2.24) is 10.6 Å². The summed E-state index contributed by atoms with van der Waals surface area (Å²) >= 11 is 1.84. The van der Waals surface area contributed by atoms with E-state index in [2.05, 4.69) is 36.4 Å². The van der Waals surface area contributed by atoms with Gasteiger partial charge in [0, 0.05) is 31.6 Å². The van der Waals surface area contributed by atoms with Crippen LogP contribution in [0.3, 0.4) is 0 Å². The predicted octanol–water partition coefficient (Wildman–Crippen LogP) is 2.39. The van der Waals surface area contributed by atoms with Crippen molar-refractivity contribution < 1.29 is 9.84 Å². The maximum Gasteiger partial charge on any atom is 0.191 e. The molecule has 0 spiro atoms. The number of ether oxygens (including phenoxy) is 1. The highest BCUT2D eigenvalue weighted by atomic mass is 32.2. The molecule has 1 rings (SSSR count). The lowest BCUT2D eigenvalue weighted by Gasteiger charge is -2.44. The molecule has 0 aliphatic heterocycles. The fraction of sp³-hybridized carbons (Fsp3) is 0.941. The Bertz CT molecular complexity index is 342. The minimum atomic E-state index is -0.619. The van der Waals surface area contributed by atoms with Crippen molar-refractivity contribution in [2.75, 3.05) is 38.6 Å². The highest BCUT2D eigenvalue weighted by Crippen LogP contribution is 2.41. The molecule has 136 valence electrons. The molecule has 0 radical (unpaired) electrons. The standard InChI is InChI=1S/C17H35N3O2S/c1-4-7-12-22-13-8-11-19-16(18-5-2)20-14-17(21)10-9-15(17)23-6-3/h15,21H,4-14H2,1-3H3,(H2,18,19,20). The van der Waals surface area contributed by atoms with E-state index in [1.807, 2.05) is 11.8 Å². The SMILES string of the molecule is CCCCOCCCNC(=NCC1(O)CCC1SCC)NCC. The average molecular weight is 346 g/mol. The molecule has 0 saturated heterocycles. The van der Waals surface area contributed by atoms with Crippen molar-refractivity contribution in [2.45, 2.75) is 63.7 Å². The number of rotatable bonds is 12. The van der Waals surface area contributed by atoms with Gasteiger partial charge in [-0.2, -0.15) is 11.8 Å². The van der Waals surface area contributed by atoms with Gasteiger partial charge in [0.25, 0.3) is 0 Å². The van der Waals surface area contributed by atoms with Crippen LogP contribution in [-0.2, 0) is 4.74 Å². The van der Waals surface area contributed by atoms with Gasteiger partial charge in [-0.05, 0) is 38.4 Å². The van der Waals surface area contributed by atoms with Crippen molar-refractivity contribution in [3.63, 3.8) is 0 Å². The van der Waals surface area contributed by atoms with Gasteiger partial charge in [-0.1, -0.05) is 20.3 Å². The minimum Gasteiger partial charge on any atom is -0.387 e. The van der Waals surface area contributed by atoms with Crippen LogP contribution in [0, 0.1) is 0 Å². The number of thioether (sulfide) groups is 1. The molecule has 1 aliphatic rings. The van der Waals surface area contributed by atoms with Crippen LogP contribution in [0.1, 0.15) is 52.9 Å². The molecule has 1 aliphatic carbocycles.